The fraction of sp³-hybridized carbons (Fsp3) is 0.444. The second-order valence-electron chi connectivity index (χ2n) is 6.65. The molecule has 4 nitrogen and oxygen atoms in total. The lowest BCUT2D eigenvalue weighted by Crippen LogP contribution is -2.28. The largest absolute Gasteiger partial charge is 0.350 e. The Hall–Kier alpha value is -2.10. The van der Waals surface area contributed by atoms with Gasteiger partial charge in [0.1, 0.15) is 5.82 Å². The zero-order chi connectivity index (χ0) is 16.3. The number of nitrogens with one attached hydrogen (secondary N) is 1. The van der Waals surface area contributed by atoms with Crippen LogP contribution in [0.5, 0.6) is 0 Å². The summed E-state index contributed by atoms with van der Waals surface area (Å²) in [6, 6.07) is 10.5. The van der Waals surface area contributed by atoms with E-state index < -0.39 is 0 Å². The van der Waals surface area contributed by atoms with Gasteiger partial charge in [-0.05, 0) is 59.2 Å². The molecule has 0 aliphatic carbocycles. The first kappa shape index (κ1) is 16.3. The minimum atomic E-state index is -0.0640. The summed E-state index contributed by atoms with van der Waals surface area (Å²) < 4.78 is 0. The minimum Gasteiger partial charge on any atom is -0.350 e. The molecule has 0 saturated heterocycles. The van der Waals surface area contributed by atoms with Crippen LogP contribution in [-0.4, -0.2) is 22.1 Å². The number of hydrogen-bond donors (Lipinski definition) is 1. The van der Waals surface area contributed by atoms with Crippen LogP contribution in [0.3, 0.4) is 0 Å². The second-order valence-corrected chi connectivity index (χ2v) is 6.65. The summed E-state index contributed by atoms with van der Waals surface area (Å²) in [6.45, 7) is 13.4. The molecule has 0 amide bonds. The standard InChI is InChI=1S/C18H26N4/c1-7-22(15-10-8-9-13(2)11-15)16-12-14(3)19-17(20-16)21-18(4,5)6/h8-12H,7H2,1-6H3,(H,19,20,21). The molecule has 0 spiro atoms. The molecule has 0 bridgehead atoms. The second kappa shape index (κ2) is 6.34. The lowest BCUT2D eigenvalue weighted by atomic mass is 10.1. The summed E-state index contributed by atoms with van der Waals surface area (Å²) in [5.41, 5.74) is 3.30. The Morgan fingerprint density at radius 3 is 2.41 bits per heavy atom. The Kier molecular flexibility index (Phi) is 4.69. The highest BCUT2D eigenvalue weighted by Gasteiger charge is 2.15. The van der Waals surface area contributed by atoms with Crippen LogP contribution >= 0.6 is 0 Å². The van der Waals surface area contributed by atoms with E-state index in [0.717, 1.165) is 23.7 Å². The molecule has 1 aromatic carbocycles. The van der Waals surface area contributed by atoms with Crippen molar-refractivity contribution >= 4 is 17.5 Å². The molecule has 0 fully saturated rings. The topological polar surface area (TPSA) is 41.1 Å². The molecular formula is C18H26N4. The average Bonchev–Trinajstić information content (AvgIpc) is 2.36. The highest BCUT2D eigenvalue weighted by molar-refractivity contribution is 5.62. The number of anilines is 3. The Morgan fingerprint density at radius 1 is 1.09 bits per heavy atom. The van der Waals surface area contributed by atoms with Crippen molar-refractivity contribution in [3.63, 3.8) is 0 Å². The first-order chi connectivity index (χ1) is 10.3. The van der Waals surface area contributed by atoms with Gasteiger partial charge < -0.3 is 10.2 Å². The predicted octanol–water partition coefficient (Wildman–Crippen LogP) is 4.46. The number of aryl methyl sites for hydroxylation is 2. The third kappa shape index (κ3) is 4.20. The molecule has 118 valence electrons. The molecule has 2 aromatic rings. The highest BCUT2D eigenvalue weighted by atomic mass is 15.2. The Bertz CT molecular complexity index is 644. The average molecular weight is 298 g/mol. The van der Waals surface area contributed by atoms with E-state index in [1.807, 2.05) is 13.0 Å². The van der Waals surface area contributed by atoms with E-state index in [0.29, 0.717) is 5.95 Å². The molecule has 0 unspecified atom stereocenters. The van der Waals surface area contributed by atoms with Gasteiger partial charge in [-0.1, -0.05) is 12.1 Å². The molecule has 0 aliphatic heterocycles. The summed E-state index contributed by atoms with van der Waals surface area (Å²) in [6.07, 6.45) is 0. The third-order valence-electron chi connectivity index (χ3n) is 3.23. The van der Waals surface area contributed by atoms with Gasteiger partial charge in [-0.2, -0.15) is 4.98 Å². The summed E-state index contributed by atoms with van der Waals surface area (Å²) in [5, 5.41) is 3.36. The molecule has 2 rings (SSSR count). The van der Waals surface area contributed by atoms with E-state index in [1.54, 1.807) is 0 Å². The van der Waals surface area contributed by atoms with Crippen LogP contribution in [0.4, 0.5) is 17.5 Å². The fourth-order valence-electron chi connectivity index (χ4n) is 2.35. The van der Waals surface area contributed by atoms with E-state index >= 15 is 0 Å². The minimum absolute atomic E-state index is 0.0640. The van der Waals surface area contributed by atoms with Crippen LogP contribution in [0.2, 0.25) is 0 Å². The lowest BCUT2D eigenvalue weighted by Gasteiger charge is -2.25. The molecule has 0 atom stereocenters. The first-order valence-electron chi connectivity index (χ1n) is 7.76. The van der Waals surface area contributed by atoms with Crippen molar-refractivity contribution in [3.05, 3.63) is 41.6 Å². The Morgan fingerprint density at radius 2 is 1.82 bits per heavy atom. The zero-order valence-electron chi connectivity index (χ0n) is 14.4. The van der Waals surface area contributed by atoms with Gasteiger partial charge >= 0.3 is 0 Å². The monoisotopic (exact) mass is 298 g/mol. The molecule has 0 saturated carbocycles. The molecule has 1 heterocycles. The van der Waals surface area contributed by atoms with Crippen LogP contribution in [0.1, 0.15) is 39.0 Å². The molecule has 0 aliphatic rings. The SMILES string of the molecule is CCN(c1cccc(C)c1)c1cc(C)nc(NC(C)(C)C)n1. The van der Waals surface area contributed by atoms with Gasteiger partial charge in [-0.25, -0.2) is 4.98 Å². The van der Waals surface area contributed by atoms with Gasteiger partial charge in [0.05, 0.1) is 0 Å². The summed E-state index contributed by atoms with van der Waals surface area (Å²) in [5.74, 6) is 1.60. The van der Waals surface area contributed by atoms with Gasteiger partial charge in [0.25, 0.3) is 0 Å². The van der Waals surface area contributed by atoms with Crippen molar-refractivity contribution in [2.45, 2.75) is 47.1 Å². The van der Waals surface area contributed by atoms with E-state index in [1.165, 1.54) is 5.56 Å². The van der Waals surface area contributed by atoms with Gasteiger partial charge in [0, 0.05) is 29.5 Å². The van der Waals surface area contributed by atoms with Gasteiger partial charge in [-0.3, -0.25) is 0 Å². The Balaban J connectivity index is 2.41. The maximum atomic E-state index is 4.70. The fourth-order valence-corrected chi connectivity index (χ4v) is 2.35. The maximum absolute atomic E-state index is 4.70. The van der Waals surface area contributed by atoms with Crippen LogP contribution in [-0.2, 0) is 0 Å². The zero-order valence-corrected chi connectivity index (χ0v) is 14.4. The quantitative estimate of drug-likeness (QED) is 0.904. The molecular weight excluding hydrogens is 272 g/mol. The number of benzene rings is 1. The number of hydrogen-bond acceptors (Lipinski definition) is 4. The summed E-state index contributed by atoms with van der Waals surface area (Å²) >= 11 is 0. The van der Waals surface area contributed by atoms with Gasteiger partial charge in [0.15, 0.2) is 0 Å². The highest BCUT2D eigenvalue weighted by Crippen LogP contribution is 2.26. The van der Waals surface area contributed by atoms with Crippen molar-refractivity contribution in [3.8, 4) is 0 Å². The summed E-state index contributed by atoms with van der Waals surface area (Å²) in [4.78, 5) is 11.4. The van der Waals surface area contributed by atoms with Crippen molar-refractivity contribution < 1.29 is 0 Å². The molecule has 4 heteroatoms. The van der Waals surface area contributed by atoms with Crippen LogP contribution < -0.4 is 10.2 Å². The predicted molar refractivity (Wildman–Crippen MR) is 94.0 cm³/mol. The molecule has 22 heavy (non-hydrogen) atoms. The van der Waals surface area contributed by atoms with E-state index in [-0.39, 0.29) is 5.54 Å². The van der Waals surface area contributed by atoms with Crippen LogP contribution in [0.25, 0.3) is 0 Å². The molecule has 0 radical (unpaired) electrons. The summed E-state index contributed by atoms with van der Waals surface area (Å²) in [7, 11) is 0. The van der Waals surface area contributed by atoms with Crippen molar-refractivity contribution in [1.82, 2.24) is 9.97 Å². The van der Waals surface area contributed by atoms with Crippen molar-refractivity contribution in [2.75, 3.05) is 16.8 Å². The lowest BCUT2D eigenvalue weighted by molar-refractivity contribution is 0.625. The Labute approximate surface area is 133 Å². The third-order valence-corrected chi connectivity index (χ3v) is 3.23. The van der Waals surface area contributed by atoms with Crippen LogP contribution in [0, 0.1) is 13.8 Å². The van der Waals surface area contributed by atoms with Crippen LogP contribution in [0.15, 0.2) is 30.3 Å². The van der Waals surface area contributed by atoms with Gasteiger partial charge in [0.2, 0.25) is 5.95 Å². The normalized spacial score (nSPS) is 11.4. The van der Waals surface area contributed by atoms with E-state index in [4.69, 9.17) is 4.98 Å². The smallest absolute Gasteiger partial charge is 0.225 e. The maximum Gasteiger partial charge on any atom is 0.225 e. The van der Waals surface area contributed by atoms with E-state index in [9.17, 15) is 0 Å². The number of aromatic nitrogens is 2. The molecule has 1 aromatic heterocycles. The number of nitrogens with zero attached hydrogens (tertiary/aromatic N) is 3. The van der Waals surface area contributed by atoms with Crippen molar-refractivity contribution in [1.29, 1.82) is 0 Å². The first-order valence-corrected chi connectivity index (χ1v) is 7.76. The van der Waals surface area contributed by atoms with E-state index in [2.05, 4.69) is 74.1 Å². The number of rotatable bonds is 4. The van der Waals surface area contributed by atoms with Crippen molar-refractivity contribution in [2.24, 2.45) is 0 Å². The molecule has 1 N–H and O–H groups in total. The van der Waals surface area contributed by atoms with Gasteiger partial charge in [-0.15, -0.1) is 0 Å².